The van der Waals surface area contributed by atoms with Gasteiger partial charge in [-0.15, -0.1) is 21.5 Å². The third-order valence-electron chi connectivity index (χ3n) is 5.83. The Kier molecular flexibility index (Phi) is 5.57. The van der Waals surface area contributed by atoms with E-state index in [1.54, 1.807) is 6.92 Å². The number of thioether (sulfide) groups is 1. The predicted molar refractivity (Wildman–Crippen MR) is 131 cm³/mol. The van der Waals surface area contributed by atoms with E-state index in [9.17, 15) is 9.59 Å². The minimum atomic E-state index is -0.232. The zero-order valence-corrected chi connectivity index (χ0v) is 20.5. The van der Waals surface area contributed by atoms with Crippen LogP contribution in [0, 0.1) is 20.8 Å². The molecule has 0 radical (unpaired) electrons. The summed E-state index contributed by atoms with van der Waals surface area (Å²) in [7, 11) is 1.97. The lowest BCUT2D eigenvalue weighted by Gasteiger charge is -2.08. The molecule has 1 aliphatic rings. The average molecular weight is 481 g/mol. The van der Waals surface area contributed by atoms with Crippen LogP contribution in [-0.4, -0.2) is 30.6 Å². The summed E-state index contributed by atoms with van der Waals surface area (Å²) in [6, 6.07) is 5.88. The van der Waals surface area contributed by atoms with Crippen molar-refractivity contribution < 1.29 is 4.79 Å². The van der Waals surface area contributed by atoms with Crippen molar-refractivity contribution in [2.75, 3.05) is 5.32 Å². The molecule has 1 fully saturated rings. The van der Waals surface area contributed by atoms with E-state index in [-0.39, 0.29) is 11.5 Å². The van der Waals surface area contributed by atoms with E-state index in [1.165, 1.54) is 35.9 Å². The second kappa shape index (κ2) is 8.42. The SMILES string of the molecule is Cc1ccc(NC(=O)c2sc3nc(CSc4nnc(C5CC5)n4C)[nH]c(=O)c3c2C)c(C)c1. The molecule has 33 heavy (non-hydrogen) atoms. The summed E-state index contributed by atoms with van der Waals surface area (Å²) in [6.07, 6.45) is 2.33. The van der Waals surface area contributed by atoms with Gasteiger partial charge in [-0.1, -0.05) is 29.5 Å². The molecule has 3 heterocycles. The topological polar surface area (TPSA) is 106 Å². The smallest absolute Gasteiger partial charge is 0.266 e. The summed E-state index contributed by atoms with van der Waals surface area (Å²) in [4.78, 5) is 34.4. The maximum absolute atomic E-state index is 13.0. The molecule has 2 N–H and O–H groups in total. The zero-order valence-electron chi connectivity index (χ0n) is 18.9. The highest BCUT2D eigenvalue weighted by atomic mass is 32.2. The minimum absolute atomic E-state index is 0.230. The molecule has 1 saturated carbocycles. The van der Waals surface area contributed by atoms with Gasteiger partial charge in [0, 0.05) is 18.7 Å². The number of aromatic nitrogens is 5. The van der Waals surface area contributed by atoms with Gasteiger partial charge < -0.3 is 14.9 Å². The van der Waals surface area contributed by atoms with E-state index in [0.717, 1.165) is 27.8 Å². The Labute approximate surface area is 198 Å². The highest BCUT2D eigenvalue weighted by molar-refractivity contribution is 7.98. The Morgan fingerprint density at radius 3 is 2.79 bits per heavy atom. The van der Waals surface area contributed by atoms with E-state index in [2.05, 4.69) is 25.5 Å². The van der Waals surface area contributed by atoms with Crippen LogP contribution in [-0.2, 0) is 12.8 Å². The fourth-order valence-electron chi connectivity index (χ4n) is 3.89. The van der Waals surface area contributed by atoms with Gasteiger partial charge in [-0.25, -0.2) is 4.98 Å². The number of fused-ring (bicyclic) bond motifs is 1. The molecule has 3 aromatic heterocycles. The number of anilines is 1. The maximum atomic E-state index is 13.0. The van der Waals surface area contributed by atoms with E-state index in [4.69, 9.17) is 0 Å². The van der Waals surface area contributed by atoms with Crippen LogP contribution < -0.4 is 10.9 Å². The second-order valence-corrected chi connectivity index (χ2v) is 10.4. The lowest BCUT2D eigenvalue weighted by molar-refractivity contribution is 0.103. The molecule has 0 bridgehead atoms. The fraction of sp³-hybridized carbons (Fsp3) is 0.348. The van der Waals surface area contributed by atoms with Crippen LogP contribution in [0.25, 0.3) is 10.2 Å². The molecule has 0 unspecified atom stereocenters. The number of hydrogen-bond donors (Lipinski definition) is 2. The van der Waals surface area contributed by atoms with Crippen molar-refractivity contribution in [3.8, 4) is 0 Å². The van der Waals surface area contributed by atoms with Gasteiger partial charge in [-0.2, -0.15) is 0 Å². The molecule has 0 saturated heterocycles. The molecule has 1 aromatic carbocycles. The first-order valence-electron chi connectivity index (χ1n) is 10.7. The van der Waals surface area contributed by atoms with Gasteiger partial charge in [0.05, 0.1) is 16.0 Å². The Balaban J connectivity index is 1.38. The van der Waals surface area contributed by atoms with E-state index < -0.39 is 0 Å². The number of aryl methyl sites for hydroxylation is 3. The maximum Gasteiger partial charge on any atom is 0.266 e. The third-order valence-corrected chi connectivity index (χ3v) is 8.05. The average Bonchev–Trinajstić information content (AvgIpc) is 3.46. The highest BCUT2D eigenvalue weighted by Crippen LogP contribution is 2.39. The number of rotatable bonds is 6. The van der Waals surface area contributed by atoms with Gasteiger partial charge in [0.25, 0.3) is 11.5 Å². The molecular weight excluding hydrogens is 456 g/mol. The number of carbonyl (C=O) groups excluding carboxylic acids is 1. The van der Waals surface area contributed by atoms with Gasteiger partial charge in [0.2, 0.25) is 0 Å². The summed E-state index contributed by atoms with van der Waals surface area (Å²) in [6.45, 7) is 5.76. The Hall–Kier alpha value is -2.98. The number of H-pyrrole nitrogens is 1. The summed E-state index contributed by atoms with van der Waals surface area (Å²) >= 11 is 2.73. The number of hydrogen-bond acceptors (Lipinski definition) is 7. The van der Waals surface area contributed by atoms with Crippen LogP contribution in [0.5, 0.6) is 0 Å². The van der Waals surface area contributed by atoms with Crippen LogP contribution in [0.3, 0.4) is 0 Å². The standard InChI is InChI=1S/C23H24N6O2S2/c1-11-5-8-15(12(2)9-11)24-21(31)18-13(3)17-20(30)25-16(26-22(17)33-18)10-32-23-28-27-19(29(23)4)14-6-7-14/h5,8-9,14H,6-7,10H2,1-4H3,(H,24,31)(H,25,26,30). The number of carbonyl (C=O) groups is 1. The number of nitrogens with one attached hydrogen (secondary N) is 2. The Bertz CT molecular complexity index is 1450. The van der Waals surface area contributed by atoms with E-state index in [0.29, 0.717) is 38.2 Å². The summed E-state index contributed by atoms with van der Waals surface area (Å²) < 4.78 is 2.02. The second-order valence-electron chi connectivity index (χ2n) is 8.48. The van der Waals surface area contributed by atoms with Crippen LogP contribution in [0.1, 0.15) is 56.8 Å². The normalized spacial score (nSPS) is 13.6. The summed E-state index contributed by atoms with van der Waals surface area (Å²) in [5.74, 6) is 2.32. The first-order chi connectivity index (χ1) is 15.8. The van der Waals surface area contributed by atoms with Gasteiger partial charge in [-0.3, -0.25) is 9.59 Å². The Morgan fingerprint density at radius 1 is 1.27 bits per heavy atom. The van der Waals surface area contributed by atoms with Crippen molar-refractivity contribution in [3.63, 3.8) is 0 Å². The van der Waals surface area contributed by atoms with E-state index in [1.807, 2.05) is 43.7 Å². The number of benzene rings is 1. The van der Waals surface area contributed by atoms with Crippen LogP contribution in [0.4, 0.5) is 5.69 Å². The van der Waals surface area contributed by atoms with Crippen LogP contribution >= 0.6 is 23.1 Å². The summed E-state index contributed by atoms with van der Waals surface area (Å²) in [5, 5.41) is 12.8. The van der Waals surface area contributed by atoms with Crippen LogP contribution in [0.15, 0.2) is 28.2 Å². The Morgan fingerprint density at radius 2 is 2.06 bits per heavy atom. The van der Waals surface area contributed by atoms with Crippen molar-refractivity contribution in [2.24, 2.45) is 7.05 Å². The third kappa shape index (κ3) is 4.20. The molecule has 10 heteroatoms. The van der Waals surface area contributed by atoms with Crippen molar-refractivity contribution in [1.82, 2.24) is 24.7 Å². The predicted octanol–water partition coefficient (Wildman–Crippen LogP) is 4.46. The monoisotopic (exact) mass is 480 g/mol. The molecule has 170 valence electrons. The molecular formula is C23H24N6O2S2. The molecule has 1 amide bonds. The number of amides is 1. The van der Waals surface area contributed by atoms with Crippen molar-refractivity contribution >= 4 is 44.9 Å². The molecule has 0 aliphatic heterocycles. The zero-order chi connectivity index (χ0) is 23.3. The largest absolute Gasteiger partial charge is 0.321 e. The molecule has 4 aromatic rings. The van der Waals surface area contributed by atoms with Crippen molar-refractivity contribution in [3.05, 3.63) is 61.8 Å². The molecule has 0 spiro atoms. The lowest BCUT2D eigenvalue weighted by atomic mass is 10.1. The van der Waals surface area contributed by atoms with Gasteiger partial charge in [0.1, 0.15) is 16.5 Å². The molecule has 5 rings (SSSR count). The molecule has 0 atom stereocenters. The van der Waals surface area contributed by atoms with Crippen molar-refractivity contribution in [1.29, 1.82) is 0 Å². The first kappa shape index (κ1) is 21.8. The number of thiophene rings is 1. The number of nitrogens with zero attached hydrogens (tertiary/aromatic N) is 4. The van der Waals surface area contributed by atoms with Gasteiger partial charge in [-0.05, 0) is 50.8 Å². The van der Waals surface area contributed by atoms with Gasteiger partial charge in [0.15, 0.2) is 5.16 Å². The molecule has 1 aliphatic carbocycles. The van der Waals surface area contributed by atoms with Crippen LogP contribution in [0.2, 0.25) is 0 Å². The first-order valence-corrected chi connectivity index (χ1v) is 12.5. The lowest BCUT2D eigenvalue weighted by Crippen LogP contribution is -2.13. The van der Waals surface area contributed by atoms with Crippen molar-refractivity contribution in [2.45, 2.75) is 50.4 Å². The number of aromatic amines is 1. The quantitative estimate of drug-likeness (QED) is 0.395. The fourth-order valence-corrected chi connectivity index (χ4v) is 5.77. The summed E-state index contributed by atoms with van der Waals surface area (Å²) in [5.41, 5.74) is 3.30. The van der Waals surface area contributed by atoms with E-state index >= 15 is 0 Å². The molecule has 8 nitrogen and oxygen atoms in total. The minimum Gasteiger partial charge on any atom is -0.321 e. The van der Waals surface area contributed by atoms with Gasteiger partial charge >= 0.3 is 0 Å². The highest BCUT2D eigenvalue weighted by Gasteiger charge is 2.29.